The maximum atomic E-state index is 12.3. The van der Waals surface area contributed by atoms with Gasteiger partial charge in [-0.05, 0) is 26.2 Å². The number of furan rings is 1. The Morgan fingerprint density at radius 2 is 2.30 bits per heavy atom. The van der Waals surface area contributed by atoms with Gasteiger partial charge in [0.1, 0.15) is 11.5 Å². The van der Waals surface area contributed by atoms with Crippen molar-refractivity contribution in [2.24, 2.45) is 0 Å². The lowest BCUT2D eigenvalue weighted by Gasteiger charge is -2.11. The van der Waals surface area contributed by atoms with Crippen molar-refractivity contribution in [1.82, 2.24) is 14.7 Å². The third kappa shape index (κ3) is 3.71. The van der Waals surface area contributed by atoms with Crippen molar-refractivity contribution in [3.63, 3.8) is 0 Å². The molecule has 0 aliphatic rings. The molecular formula is C14H18ClN3O2. The van der Waals surface area contributed by atoms with E-state index in [-0.39, 0.29) is 5.78 Å². The van der Waals surface area contributed by atoms with E-state index in [9.17, 15) is 4.79 Å². The van der Waals surface area contributed by atoms with Crippen LogP contribution in [0.2, 0.25) is 5.02 Å². The molecule has 2 aromatic rings. The van der Waals surface area contributed by atoms with Crippen LogP contribution in [0.25, 0.3) is 0 Å². The number of carbonyl (C=O) groups is 1. The van der Waals surface area contributed by atoms with Gasteiger partial charge < -0.3 is 9.32 Å². The quantitative estimate of drug-likeness (QED) is 0.737. The van der Waals surface area contributed by atoms with Gasteiger partial charge in [-0.2, -0.15) is 5.10 Å². The van der Waals surface area contributed by atoms with E-state index < -0.39 is 0 Å². The van der Waals surface area contributed by atoms with Crippen LogP contribution in [0.3, 0.4) is 0 Å². The van der Waals surface area contributed by atoms with Crippen LogP contribution < -0.4 is 0 Å². The highest BCUT2D eigenvalue weighted by Gasteiger charge is 2.17. The van der Waals surface area contributed by atoms with E-state index in [0.29, 0.717) is 30.1 Å². The molecular weight excluding hydrogens is 278 g/mol. The van der Waals surface area contributed by atoms with Gasteiger partial charge in [0, 0.05) is 19.4 Å². The predicted molar refractivity (Wildman–Crippen MR) is 77.2 cm³/mol. The number of halogens is 1. The first kappa shape index (κ1) is 14.8. The number of likely N-dealkylation sites (N-methyl/N-ethyl adjacent to an activating group) is 1. The maximum absolute atomic E-state index is 12.3. The van der Waals surface area contributed by atoms with Crippen LogP contribution >= 0.6 is 11.6 Å². The van der Waals surface area contributed by atoms with Gasteiger partial charge >= 0.3 is 0 Å². The highest BCUT2D eigenvalue weighted by atomic mass is 35.5. The van der Waals surface area contributed by atoms with Crippen molar-refractivity contribution in [2.45, 2.75) is 19.4 Å². The highest BCUT2D eigenvalue weighted by molar-refractivity contribution is 6.33. The van der Waals surface area contributed by atoms with E-state index in [1.54, 1.807) is 10.9 Å². The summed E-state index contributed by atoms with van der Waals surface area (Å²) in [6.07, 6.45) is 4.06. The largest absolute Gasteiger partial charge is 0.469 e. The molecule has 0 spiro atoms. The van der Waals surface area contributed by atoms with Gasteiger partial charge in [-0.25, -0.2) is 0 Å². The van der Waals surface area contributed by atoms with Crippen LogP contribution in [0, 0.1) is 0 Å². The molecule has 2 rings (SSSR count). The fourth-order valence-electron chi connectivity index (χ4n) is 1.91. The number of Topliss-reactive ketones (excluding diaryl/α,β-unsaturated/α-hetero) is 1. The van der Waals surface area contributed by atoms with E-state index in [2.05, 4.69) is 5.10 Å². The smallest absolute Gasteiger partial charge is 0.182 e. The molecule has 2 heterocycles. The molecule has 0 aromatic carbocycles. The number of rotatable bonds is 7. The lowest BCUT2D eigenvalue weighted by molar-refractivity contribution is 0.0970. The van der Waals surface area contributed by atoms with Crippen molar-refractivity contribution < 1.29 is 9.21 Å². The van der Waals surface area contributed by atoms with Crippen LogP contribution in [-0.2, 0) is 13.0 Å². The average Bonchev–Trinajstić information content (AvgIpc) is 3.03. The van der Waals surface area contributed by atoms with Crippen LogP contribution in [0.5, 0.6) is 0 Å². The molecule has 0 radical (unpaired) electrons. The molecule has 0 saturated carbocycles. The molecule has 0 aliphatic carbocycles. The van der Waals surface area contributed by atoms with Crippen LogP contribution in [0.1, 0.15) is 22.7 Å². The summed E-state index contributed by atoms with van der Waals surface area (Å²) in [5, 5.41) is 4.58. The molecule has 0 N–H and O–H groups in total. The number of hydrogen-bond acceptors (Lipinski definition) is 4. The monoisotopic (exact) mass is 295 g/mol. The summed E-state index contributed by atoms with van der Waals surface area (Å²) in [6.45, 7) is 1.44. The maximum Gasteiger partial charge on any atom is 0.182 e. The molecule has 0 fully saturated rings. The molecule has 0 amide bonds. The minimum Gasteiger partial charge on any atom is -0.469 e. The third-order valence-corrected chi connectivity index (χ3v) is 3.27. The lowest BCUT2D eigenvalue weighted by atomic mass is 10.1. The van der Waals surface area contributed by atoms with Gasteiger partial charge in [0.2, 0.25) is 0 Å². The lowest BCUT2D eigenvalue weighted by Crippen LogP contribution is -2.21. The van der Waals surface area contributed by atoms with Gasteiger partial charge in [-0.1, -0.05) is 11.6 Å². The van der Waals surface area contributed by atoms with Crippen molar-refractivity contribution in [3.8, 4) is 0 Å². The molecule has 0 atom stereocenters. The summed E-state index contributed by atoms with van der Waals surface area (Å²) in [5.41, 5.74) is 0.486. The highest BCUT2D eigenvalue weighted by Crippen LogP contribution is 2.18. The molecule has 0 aliphatic heterocycles. The van der Waals surface area contributed by atoms with Crippen LogP contribution in [-0.4, -0.2) is 41.1 Å². The molecule has 2 aromatic heterocycles. The summed E-state index contributed by atoms with van der Waals surface area (Å²) in [7, 11) is 3.95. The summed E-state index contributed by atoms with van der Waals surface area (Å²) in [4.78, 5) is 14.3. The number of nitrogens with zero attached hydrogens (tertiary/aromatic N) is 3. The summed E-state index contributed by atoms with van der Waals surface area (Å²) in [6, 6.07) is 3.67. The van der Waals surface area contributed by atoms with Crippen LogP contribution in [0.4, 0.5) is 0 Å². The molecule has 0 bridgehead atoms. The fourth-order valence-corrected chi connectivity index (χ4v) is 2.16. The molecule has 0 saturated heterocycles. The second-order valence-corrected chi connectivity index (χ2v) is 5.28. The Hall–Kier alpha value is -1.59. The average molecular weight is 296 g/mol. The Balaban J connectivity index is 2.02. The second kappa shape index (κ2) is 6.72. The number of hydrogen-bond donors (Lipinski definition) is 0. The zero-order chi connectivity index (χ0) is 14.5. The topological polar surface area (TPSA) is 51.3 Å². The van der Waals surface area contributed by atoms with Crippen molar-refractivity contribution in [2.75, 3.05) is 20.6 Å². The van der Waals surface area contributed by atoms with Gasteiger partial charge in [-0.3, -0.25) is 9.48 Å². The summed E-state index contributed by atoms with van der Waals surface area (Å²) >= 11 is 6.07. The molecule has 108 valence electrons. The predicted octanol–water partition coefficient (Wildman–Crippen LogP) is 2.51. The molecule has 0 unspecified atom stereocenters. The zero-order valence-corrected chi connectivity index (χ0v) is 12.4. The molecule has 5 nitrogen and oxygen atoms in total. The molecule has 20 heavy (non-hydrogen) atoms. The van der Waals surface area contributed by atoms with E-state index in [1.165, 1.54) is 6.20 Å². The number of ketones is 1. The van der Waals surface area contributed by atoms with E-state index in [0.717, 1.165) is 12.3 Å². The van der Waals surface area contributed by atoms with Gasteiger partial charge in [-0.15, -0.1) is 0 Å². The summed E-state index contributed by atoms with van der Waals surface area (Å²) < 4.78 is 6.90. The Kier molecular flexibility index (Phi) is 4.98. The SMILES string of the molecule is CN(C)CCn1ncc(Cl)c1C(=O)CCc1ccco1. The summed E-state index contributed by atoms with van der Waals surface area (Å²) in [5.74, 6) is 0.788. The Morgan fingerprint density at radius 1 is 1.50 bits per heavy atom. The Labute approximate surface area is 123 Å². The van der Waals surface area contributed by atoms with Crippen molar-refractivity contribution in [3.05, 3.63) is 41.1 Å². The zero-order valence-electron chi connectivity index (χ0n) is 11.7. The minimum absolute atomic E-state index is 0.0114. The van der Waals surface area contributed by atoms with E-state index in [1.807, 2.05) is 31.1 Å². The van der Waals surface area contributed by atoms with Crippen LogP contribution in [0.15, 0.2) is 29.0 Å². The third-order valence-electron chi connectivity index (χ3n) is 3.00. The van der Waals surface area contributed by atoms with Gasteiger partial charge in [0.15, 0.2) is 5.78 Å². The Bertz CT molecular complexity index is 561. The van der Waals surface area contributed by atoms with Crippen molar-refractivity contribution >= 4 is 17.4 Å². The standard InChI is InChI=1S/C14H18ClN3O2/c1-17(2)7-8-18-14(12(15)10-16-18)13(19)6-5-11-4-3-9-20-11/h3-4,9-10H,5-8H2,1-2H3. The first-order chi connectivity index (χ1) is 9.58. The van der Waals surface area contributed by atoms with Gasteiger partial charge in [0.25, 0.3) is 0 Å². The van der Waals surface area contributed by atoms with Crippen molar-refractivity contribution in [1.29, 1.82) is 0 Å². The minimum atomic E-state index is -0.0114. The Morgan fingerprint density at radius 3 is 2.95 bits per heavy atom. The van der Waals surface area contributed by atoms with E-state index in [4.69, 9.17) is 16.0 Å². The fraction of sp³-hybridized carbons (Fsp3) is 0.429. The number of aromatic nitrogens is 2. The molecule has 6 heteroatoms. The van der Waals surface area contributed by atoms with E-state index >= 15 is 0 Å². The normalized spacial score (nSPS) is 11.2. The number of carbonyl (C=O) groups excluding carboxylic acids is 1. The first-order valence-electron chi connectivity index (χ1n) is 6.49. The second-order valence-electron chi connectivity index (χ2n) is 4.87. The van der Waals surface area contributed by atoms with Gasteiger partial charge in [0.05, 0.1) is 24.0 Å². The first-order valence-corrected chi connectivity index (χ1v) is 6.87. The number of aryl methyl sites for hydroxylation is 1.